The maximum atomic E-state index is 11.7. The number of aromatic nitrogens is 3. The van der Waals surface area contributed by atoms with Gasteiger partial charge in [0, 0.05) is 51.6 Å². The van der Waals surface area contributed by atoms with Crippen molar-refractivity contribution < 1.29 is 4.79 Å². The number of nitrogens with one attached hydrogen (secondary N) is 2. The van der Waals surface area contributed by atoms with Crippen molar-refractivity contribution in [2.75, 3.05) is 26.2 Å². The van der Waals surface area contributed by atoms with Gasteiger partial charge in [-0.1, -0.05) is 26.2 Å². The van der Waals surface area contributed by atoms with Gasteiger partial charge in [-0.05, 0) is 25.7 Å². The zero-order chi connectivity index (χ0) is 19.6. The van der Waals surface area contributed by atoms with Gasteiger partial charge in [0.1, 0.15) is 12.2 Å². The molecule has 1 aliphatic carbocycles. The first-order chi connectivity index (χ1) is 13.8. The topological polar surface area (TPSA) is 87.4 Å². The van der Waals surface area contributed by atoms with E-state index in [1.54, 1.807) is 6.33 Å². The second-order valence-corrected chi connectivity index (χ2v) is 7.77. The third-order valence-electron chi connectivity index (χ3n) is 5.63. The normalized spacial score (nSPS) is 18.7. The molecule has 0 spiro atoms. The van der Waals surface area contributed by atoms with Gasteiger partial charge in [0.15, 0.2) is 5.96 Å². The minimum Gasteiger partial charge on any atom is -0.355 e. The highest BCUT2D eigenvalue weighted by atomic mass is 16.2. The van der Waals surface area contributed by atoms with Gasteiger partial charge in [0.05, 0.1) is 0 Å². The third kappa shape index (κ3) is 6.21. The Morgan fingerprint density at radius 3 is 2.86 bits per heavy atom. The molecular formula is C20H35N7O. The van der Waals surface area contributed by atoms with Crippen molar-refractivity contribution in [3.8, 4) is 0 Å². The largest absolute Gasteiger partial charge is 0.355 e. The minimum atomic E-state index is 0.295. The van der Waals surface area contributed by atoms with Crippen LogP contribution >= 0.6 is 0 Å². The van der Waals surface area contributed by atoms with Crippen molar-refractivity contribution in [1.29, 1.82) is 0 Å². The van der Waals surface area contributed by atoms with Crippen LogP contribution < -0.4 is 10.6 Å². The highest BCUT2D eigenvalue weighted by molar-refractivity contribution is 5.80. The summed E-state index contributed by atoms with van der Waals surface area (Å²) in [5, 5.41) is 15.2. The summed E-state index contributed by atoms with van der Waals surface area (Å²) in [6.45, 7) is 6.17. The lowest BCUT2D eigenvalue weighted by Crippen LogP contribution is -2.45. The van der Waals surface area contributed by atoms with Crippen molar-refractivity contribution in [1.82, 2.24) is 30.3 Å². The second-order valence-electron chi connectivity index (χ2n) is 7.77. The average Bonchev–Trinajstić information content (AvgIpc) is 3.34. The van der Waals surface area contributed by atoms with Crippen LogP contribution in [0.5, 0.6) is 0 Å². The fourth-order valence-electron chi connectivity index (χ4n) is 4.02. The summed E-state index contributed by atoms with van der Waals surface area (Å²) in [5.41, 5.74) is 0. The zero-order valence-electron chi connectivity index (χ0n) is 17.2. The van der Waals surface area contributed by atoms with E-state index in [-0.39, 0.29) is 0 Å². The van der Waals surface area contributed by atoms with Crippen LogP contribution in [-0.2, 0) is 17.8 Å². The molecule has 0 radical (unpaired) electrons. The highest BCUT2D eigenvalue weighted by Gasteiger charge is 2.19. The maximum absolute atomic E-state index is 11.7. The molecule has 1 aliphatic heterocycles. The van der Waals surface area contributed by atoms with Crippen LogP contribution in [0.25, 0.3) is 0 Å². The van der Waals surface area contributed by atoms with Crippen LogP contribution in [0.2, 0.25) is 0 Å². The first kappa shape index (κ1) is 20.6. The molecule has 1 saturated carbocycles. The number of aliphatic imine (C=N–C) groups is 1. The minimum absolute atomic E-state index is 0.295. The van der Waals surface area contributed by atoms with E-state index in [4.69, 9.17) is 4.99 Å². The van der Waals surface area contributed by atoms with Gasteiger partial charge in [-0.15, -0.1) is 10.2 Å². The van der Waals surface area contributed by atoms with Gasteiger partial charge >= 0.3 is 0 Å². The van der Waals surface area contributed by atoms with Crippen molar-refractivity contribution >= 4 is 11.9 Å². The zero-order valence-corrected chi connectivity index (χ0v) is 17.2. The van der Waals surface area contributed by atoms with Gasteiger partial charge in [-0.2, -0.15) is 0 Å². The van der Waals surface area contributed by atoms with E-state index in [9.17, 15) is 4.79 Å². The van der Waals surface area contributed by atoms with Crippen molar-refractivity contribution in [2.24, 2.45) is 4.99 Å². The second kappa shape index (κ2) is 11.0. The van der Waals surface area contributed by atoms with E-state index in [1.165, 1.54) is 32.1 Å². The van der Waals surface area contributed by atoms with E-state index >= 15 is 0 Å². The number of likely N-dealkylation sites (tertiary alicyclic amines) is 1. The van der Waals surface area contributed by atoms with Crippen molar-refractivity contribution in [3.05, 3.63) is 12.2 Å². The number of amides is 1. The molecule has 0 unspecified atom stereocenters. The van der Waals surface area contributed by atoms with Gasteiger partial charge in [-0.25, -0.2) is 0 Å². The lowest BCUT2D eigenvalue weighted by Gasteiger charge is -2.25. The number of aryl methyl sites for hydroxylation is 1. The standard InChI is InChI=1S/C20H35N7O/c1-2-18-25-23-16-27(18)15-12-22-20(24-17-8-4-3-5-9-17)21-11-7-14-26-13-6-10-19(26)28/h16-17H,2-15H2,1H3,(H2,21,22,24). The van der Waals surface area contributed by atoms with Gasteiger partial charge in [0.2, 0.25) is 5.91 Å². The predicted molar refractivity (Wildman–Crippen MR) is 110 cm³/mol. The molecule has 1 aromatic heterocycles. The molecule has 8 nitrogen and oxygen atoms in total. The molecular weight excluding hydrogens is 354 g/mol. The van der Waals surface area contributed by atoms with Crippen LogP contribution in [0.3, 0.4) is 0 Å². The Labute approximate surface area is 168 Å². The lowest BCUT2D eigenvalue weighted by atomic mass is 9.96. The Morgan fingerprint density at radius 1 is 1.25 bits per heavy atom. The molecule has 1 aromatic rings. The van der Waals surface area contributed by atoms with Gasteiger partial charge in [0.25, 0.3) is 0 Å². The number of hydrogen-bond acceptors (Lipinski definition) is 4. The molecule has 28 heavy (non-hydrogen) atoms. The monoisotopic (exact) mass is 389 g/mol. The van der Waals surface area contributed by atoms with E-state index < -0.39 is 0 Å². The molecule has 156 valence electrons. The van der Waals surface area contributed by atoms with E-state index in [2.05, 4.69) is 32.3 Å². The lowest BCUT2D eigenvalue weighted by molar-refractivity contribution is -0.127. The first-order valence-corrected chi connectivity index (χ1v) is 11.0. The summed E-state index contributed by atoms with van der Waals surface area (Å²) in [6, 6.07) is 0.515. The molecule has 1 saturated heterocycles. The number of hydrogen-bond donors (Lipinski definition) is 2. The SMILES string of the molecule is CCc1nncn1CCNC(=NCCCN1CCCC1=O)NC1CCCCC1. The fourth-order valence-corrected chi connectivity index (χ4v) is 4.02. The summed E-state index contributed by atoms with van der Waals surface area (Å²) >= 11 is 0. The molecule has 8 heteroatoms. The average molecular weight is 390 g/mol. The van der Waals surface area contributed by atoms with Gasteiger partial charge < -0.3 is 20.1 Å². The summed E-state index contributed by atoms with van der Waals surface area (Å²) in [6.07, 6.45) is 11.7. The molecule has 2 fully saturated rings. The number of guanidine groups is 1. The van der Waals surface area contributed by atoms with Crippen molar-refractivity contribution in [3.63, 3.8) is 0 Å². The summed E-state index contributed by atoms with van der Waals surface area (Å²) in [5.74, 6) is 2.20. The molecule has 3 rings (SSSR count). The number of nitrogens with zero attached hydrogens (tertiary/aromatic N) is 5. The quantitative estimate of drug-likeness (QED) is 0.381. The molecule has 0 bridgehead atoms. The Bertz CT molecular complexity index is 636. The Hall–Kier alpha value is -2.12. The number of rotatable bonds is 9. The number of carbonyl (C=O) groups excluding carboxylic acids is 1. The van der Waals surface area contributed by atoms with Crippen molar-refractivity contribution in [2.45, 2.75) is 77.3 Å². The summed E-state index contributed by atoms with van der Waals surface area (Å²) in [7, 11) is 0. The summed E-state index contributed by atoms with van der Waals surface area (Å²) < 4.78 is 2.09. The smallest absolute Gasteiger partial charge is 0.222 e. The third-order valence-corrected chi connectivity index (χ3v) is 5.63. The molecule has 2 heterocycles. The maximum Gasteiger partial charge on any atom is 0.222 e. The van der Waals surface area contributed by atoms with Gasteiger partial charge in [-0.3, -0.25) is 9.79 Å². The van der Waals surface area contributed by atoms with Crippen LogP contribution in [-0.4, -0.2) is 63.8 Å². The fraction of sp³-hybridized carbons (Fsp3) is 0.800. The molecule has 0 aromatic carbocycles. The molecule has 0 atom stereocenters. The highest BCUT2D eigenvalue weighted by Crippen LogP contribution is 2.17. The van der Waals surface area contributed by atoms with Crippen LogP contribution in [0.15, 0.2) is 11.3 Å². The van der Waals surface area contributed by atoms with Crippen LogP contribution in [0.1, 0.15) is 64.1 Å². The molecule has 2 aliphatic rings. The summed E-state index contributed by atoms with van der Waals surface area (Å²) in [4.78, 5) is 18.5. The van der Waals surface area contributed by atoms with E-state index in [1.807, 2.05) is 4.90 Å². The number of carbonyl (C=O) groups is 1. The van der Waals surface area contributed by atoms with E-state index in [0.717, 1.165) is 63.8 Å². The Balaban J connectivity index is 1.47. The first-order valence-electron chi connectivity index (χ1n) is 11.0. The Kier molecular flexibility index (Phi) is 8.11. The molecule has 1 amide bonds. The molecule has 2 N–H and O–H groups in total. The predicted octanol–water partition coefficient (Wildman–Crippen LogP) is 1.72. The Morgan fingerprint density at radius 2 is 2.11 bits per heavy atom. The van der Waals surface area contributed by atoms with Crippen LogP contribution in [0, 0.1) is 0 Å². The van der Waals surface area contributed by atoms with Crippen LogP contribution in [0.4, 0.5) is 0 Å². The van der Waals surface area contributed by atoms with E-state index in [0.29, 0.717) is 18.4 Å².